The van der Waals surface area contributed by atoms with E-state index in [4.69, 9.17) is 9.15 Å². The second kappa shape index (κ2) is 6.91. The molecule has 21 heavy (non-hydrogen) atoms. The lowest BCUT2D eigenvalue weighted by atomic mass is 10.1. The van der Waals surface area contributed by atoms with Gasteiger partial charge in [0.15, 0.2) is 0 Å². The van der Waals surface area contributed by atoms with Crippen LogP contribution in [0, 0.1) is 0 Å². The Morgan fingerprint density at radius 2 is 2.14 bits per heavy atom. The predicted octanol–water partition coefficient (Wildman–Crippen LogP) is 1.62. The van der Waals surface area contributed by atoms with Crippen LogP contribution in [0.4, 0.5) is 0 Å². The third-order valence-corrected chi connectivity index (χ3v) is 4.79. The lowest BCUT2D eigenvalue weighted by Gasteiger charge is -2.27. The molecule has 2 N–H and O–H groups in total. The molecule has 0 radical (unpaired) electrons. The van der Waals surface area contributed by atoms with Crippen molar-refractivity contribution in [3.63, 3.8) is 0 Å². The summed E-state index contributed by atoms with van der Waals surface area (Å²) in [6.07, 6.45) is 1.45. The van der Waals surface area contributed by atoms with Crippen molar-refractivity contribution < 1.29 is 17.6 Å². The SMILES string of the molecule is CC(C)NCc1ccc(S(=O)(=O)NC2CCOC(C)C2)o1. The van der Waals surface area contributed by atoms with Crippen LogP contribution in [0.3, 0.4) is 0 Å². The van der Waals surface area contributed by atoms with Crippen LogP contribution in [0.2, 0.25) is 0 Å². The first-order valence-corrected chi connectivity index (χ1v) is 8.81. The highest BCUT2D eigenvalue weighted by molar-refractivity contribution is 7.89. The Labute approximate surface area is 126 Å². The molecule has 7 heteroatoms. The molecule has 2 unspecified atom stereocenters. The largest absolute Gasteiger partial charge is 0.447 e. The topological polar surface area (TPSA) is 80.6 Å². The fraction of sp³-hybridized carbons (Fsp3) is 0.714. The van der Waals surface area contributed by atoms with Crippen molar-refractivity contribution in [1.82, 2.24) is 10.0 Å². The summed E-state index contributed by atoms with van der Waals surface area (Å²) in [4.78, 5) is 0. The first kappa shape index (κ1) is 16.5. The van der Waals surface area contributed by atoms with Gasteiger partial charge in [-0.3, -0.25) is 0 Å². The van der Waals surface area contributed by atoms with E-state index in [1.165, 1.54) is 6.07 Å². The van der Waals surface area contributed by atoms with Crippen LogP contribution in [-0.4, -0.2) is 33.2 Å². The zero-order chi connectivity index (χ0) is 15.5. The monoisotopic (exact) mass is 316 g/mol. The van der Waals surface area contributed by atoms with Crippen LogP contribution in [0.5, 0.6) is 0 Å². The Bertz CT molecular complexity index is 553. The third kappa shape index (κ3) is 4.81. The Balaban J connectivity index is 1.98. The molecule has 1 saturated heterocycles. The molecule has 0 bridgehead atoms. The highest BCUT2D eigenvalue weighted by atomic mass is 32.2. The zero-order valence-corrected chi connectivity index (χ0v) is 13.6. The van der Waals surface area contributed by atoms with Crippen LogP contribution in [0.1, 0.15) is 39.4 Å². The fourth-order valence-electron chi connectivity index (χ4n) is 2.28. The van der Waals surface area contributed by atoms with Crippen LogP contribution >= 0.6 is 0 Å². The summed E-state index contributed by atoms with van der Waals surface area (Å²) in [5.74, 6) is 0.615. The lowest BCUT2D eigenvalue weighted by Crippen LogP contribution is -2.41. The van der Waals surface area contributed by atoms with E-state index in [1.54, 1.807) is 6.07 Å². The number of furan rings is 1. The van der Waals surface area contributed by atoms with Gasteiger partial charge >= 0.3 is 0 Å². The average Bonchev–Trinajstić information content (AvgIpc) is 2.85. The Kier molecular flexibility index (Phi) is 5.43. The van der Waals surface area contributed by atoms with Crippen LogP contribution in [0.15, 0.2) is 21.6 Å². The minimum atomic E-state index is -3.60. The van der Waals surface area contributed by atoms with E-state index in [1.807, 2.05) is 20.8 Å². The van der Waals surface area contributed by atoms with E-state index in [0.29, 0.717) is 37.8 Å². The van der Waals surface area contributed by atoms with Gasteiger partial charge < -0.3 is 14.5 Å². The number of hydrogen-bond donors (Lipinski definition) is 2. The highest BCUT2D eigenvalue weighted by Crippen LogP contribution is 2.18. The van der Waals surface area contributed by atoms with Gasteiger partial charge in [-0.2, -0.15) is 0 Å². The second-order valence-electron chi connectivity index (χ2n) is 5.78. The van der Waals surface area contributed by atoms with E-state index >= 15 is 0 Å². The summed E-state index contributed by atoms with van der Waals surface area (Å²) in [5, 5.41) is 3.16. The maximum Gasteiger partial charge on any atom is 0.274 e. The first-order chi connectivity index (χ1) is 9.87. The molecule has 2 atom stereocenters. The van der Waals surface area contributed by atoms with Gasteiger partial charge in [-0.05, 0) is 31.9 Å². The molecular formula is C14H24N2O4S. The van der Waals surface area contributed by atoms with Crippen molar-refractivity contribution in [1.29, 1.82) is 0 Å². The summed E-state index contributed by atoms with van der Waals surface area (Å²) in [6, 6.07) is 3.41. The quantitative estimate of drug-likeness (QED) is 0.833. The number of ether oxygens (including phenoxy) is 1. The van der Waals surface area contributed by atoms with E-state index < -0.39 is 10.0 Å². The number of nitrogens with one attached hydrogen (secondary N) is 2. The molecule has 1 fully saturated rings. The number of rotatable bonds is 6. The standard InChI is InChI=1S/C14H24N2O4S/c1-10(2)15-9-13-4-5-14(20-13)21(17,18)16-12-6-7-19-11(3)8-12/h4-5,10-12,15-16H,6-9H2,1-3H3. The maximum atomic E-state index is 12.3. The molecule has 0 aliphatic carbocycles. The van der Waals surface area contributed by atoms with Crippen molar-refractivity contribution in [2.45, 2.75) is 63.4 Å². The number of sulfonamides is 1. The molecule has 0 aromatic carbocycles. The van der Waals surface area contributed by atoms with E-state index in [-0.39, 0.29) is 17.2 Å². The molecule has 0 spiro atoms. The molecule has 1 aromatic rings. The van der Waals surface area contributed by atoms with Gasteiger partial charge in [-0.15, -0.1) is 0 Å². The van der Waals surface area contributed by atoms with Gasteiger partial charge in [0.05, 0.1) is 12.6 Å². The molecule has 120 valence electrons. The number of hydrogen-bond acceptors (Lipinski definition) is 5. The zero-order valence-electron chi connectivity index (χ0n) is 12.8. The first-order valence-electron chi connectivity index (χ1n) is 7.33. The summed E-state index contributed by atoms with van der Waals surface area (Å²) < 4.78 is 38.1. The normalized spacial score (nSPS) is 23.6. The average molecular weight is 316 g/mol. The van der Waals surface area contributed by atoms with Crippen molar-refractivity contribution in [2.75, 3.05) is 6.61 Å². The smallest absolute Gasteiger partial charge is 0.274 e. The van der Waals surface area contributed by atoms with Crippen molar-refractivity contribution in [2.24, 2.45) is 0 Å². The Hall–Kier alpha value is -0.890. The Morgan fingerprint density at radius 3 is 2.81 bits per heavy atom. The van der Waals surface area contributed by atoms with Crippen molar-refractivity contribution in [3.05, 3.63) is 17.9 Å². The molecule has 6 nitrogen and oxygen atoms in total. The van der Waals surface area contributed by atoms with Gasteiger partial charge in [0.1, 0.15) is 5.76 Å². The fourth-order valence-corrected chi connectivity index (χ4v) is 3.52. The molecule has 0 amide bonds. The molecule has 2 rings (SSSR count). The summed E-state index contributed by atoms with van der Waals surface area (Å²) in [7, 11) is -3.60. The van der Waals surface area contributed by atoms with E-state index in [2.05, 4.69) is 10.0 Å². The van der Waals surface area contributed by atoms with Crippen molar-refractivity contribution in [3.8, 4) is 0 Å². The van der Waals surface area contributed by atoms with Crippen LogP contribution in [0.25, 0.3) is 0 Å². The van der Waals surface area contributed by atoms with Gasteiger partial charge in [-0.1, -0.05) is 13.8 Å². The van der Waals surface area contributed by atoms with Crippen molar-refractivity contribution >= 4 is 10.0 Å². The Morgan fingerprint density at radius 1 is 1.38 bits per heavy atom. The minimum absolute atomic E-state index is 0.0257. The van der Waals surface area contributed by atoms with E-state index in [0.717, 1.165) is 0 Å². The van der Waals surface area contributed by atoms with Crippen LogP contribution < -0.4 is 10.0 Å². The summed E-state index contributed by atoms with van der Waals surface area (Å²) in [5.41, 5.74) is 0. The highest BCUT2D eigenvalue weighted by Gasteiger charge is 2.27. The minimum Gasteiger partial charge on any atom is -0.447 e. The van der Waals surface area contributed by atoms with Gasteiger partial charge in [0, 0.05) is 18.7 Å². The second-order valence-corrected chi connectivity index (χ2v) is 7.43. The summed E-state index contributed by atoms with van der Waals surface area (Å²) in [6.45, 7) is 7.09. The van der Waals surface area contributed by atoms with Gasteiger partial charge in [0.25, 0.3) is 10.0 Å². The lowest BCUT2D eigenvalue weighted by molar-refractivity contribution is 0.0172. The molecule has 0 saturated carbocycles. The summed E-state index contributed by atoms with van der Waals surface area (Å²) >= 11 is 0. The molecule has 1 aliphatic rings. The molecule has 1 aliphatic heterocycles. The predicted molar refractivity (Wildman–Crippen MR) is 79.4 cm³/mol. The molecule has 2 heterocycles. The van der Waals surface area contributed by atoms with Crippen LogP contribution in [-0.2, 0) is 21.3 Å². The van der Waals surface area contributed by atoms with Gasteiger partial charge in [-0.25, -0.2) is 13.1 Å². The maximum absolute atomic E-state index is 12.3. The molecular weight excluding hydrogens is 292 g/mol. The molecule has 1 aromatic heterocycles. The van der Waals surface area contributed by atoms with Gasteiger partial charge in [0.2, 0.25) is 5.09 Å². The van der Waals surface area contributed by atoms with E-state index in [9.17, 15) is 8.42 Å². The third-order valence-electron chi connectivity index (χ3n) is 3.39.